The molecule has 0 spiro atoms. The van der Waals surface area contributed by atoms with Crippen LogP contribution < -0.4 is 10.6 Å². The van der Waals surface area contributed by atoms with Gasteiger partial charge in [-0.15, -0.1) is 0 Å². The van der Waals surface area contributed by atoms with Gasteiger partial charge in [0, 0.05) is 23.9 Å². The predicted octanol–water partition coefficient (Wildman–Crippen LogP) is 5.55. The molecular formula is C27H32N2O3. The standard InChI is InChI=1S/C27H32N2O3/c1-19(2)10-8-11-20(3)12-9-13-21(4)16-27(32)29-24-18-25(30)23(17-26(24)31)28-22-14-6-5-7-15-22/h5-7,10,12,14-18,28H,8-9,11,13H2,1-4H3,(H,29,32). The van der Waals surface area contributed by atoms with Crippen LogP contribution in [-0.4, -0.2) is 17.5 Å². The molecule has 168 valence electrons. The van der Waals surface area contributed by atoms with Gasteiger partial charge in [0.1, 0.15) is 0 Å². The van der Waals surface area contributed by atoms with Gasteiger partial charge in [0.25, 0.3) is 0 Å². The lowest BCUT2D eigenvalue weighted by molar-refractivity contribution is -0.119. The van der Waals surface area contributed by atoms with E-state index in [4.69, 9.17) is 0 Å². The molecule has 1 aliphatic carbocycles. The van der Waals surface area contributed by atoms with Gasteiger partial charge in [0.15, 0.2) is 0 Å². The highest BCUT2D eigenvalue weighted by molar-refractivity contribution is 6.21. The SMILES string of the molecule is CC(C)=CCCC(C)=CCCC(C)=CC(=O)NC1=CC(=O)C(Nc2ccccc2)=CC1=O. The van der Waals surface area contributed by atoms with Gasteiger partial charge >= 0.3 is 0 Å². The van der Waals surface area contributed by atoms with E-state index >= 15 is 0 Å². The van der Waals surface area contributed by atoms with Gasteiger partial charge in [-0.3, -0.25) is 14.4 Å². The molecule has 0 radical (unpaired) electrons. The maximum atomic E-state index is 12.4. The molecule has 1 aromatic carbocycles. The number of nitrogens with one attached hydrogen (secondary N) is 2. The Kier molecular flexibility index (Phi) is 9.61. The van der Waals surface area contributed by atoms with Crippen LogP contribution in [0.3, 0.4) is 0 Å². The van der Waals surface area contributed by atoms with E-state index in [-0.39, 0.29) is 17.2 Å². The Bertz CT molecular complexity index is 1000. The summed E-state index contributed by atoms with van der Waals surface area (Å²) in [7, 11) is 0. The molecule has 32 heavy (non-hydrogen) atoms. The fraction of sp³-hybridized carbons (Fsp3) is 0.296. The normalized spacial score (nSPS) is 14.5. The van der Waals surface area contributed by atoms with Crippen LogP contribution in [0.1, 0.15) is 53.4 Å². The second kappa shape index (κ2) is 12.4. The summed E-state index contributed by atoms with van der Waals surface area (Å²) in [5.41, 5.74) is 4.45. The van der Waals surface area contributed by atoms with Gasteiger partial charge in [-0.1, -0.05) is 47.1 Å². The van der Waals surface area contributed by atoms with Crippen LogP contribution in [0.25, 0.3) is 0 Å². The fourth-order valence-electron chi connectivity index (χ4n) is 3.13. The summed E-state index contributed by atoms with van der Waals surface area (Å²) in [6, 6.07) is 9.12. The molecule has 2 rings (SSSR count). The second-order valence-corrected chi connectivity index (χ2v) is 8.22. The van der Waals surface area contributed by atoms with Gasteiger partial charge in [-0.05, 0) is 65.5 Å². The van der Waals surface area contributed by atoms with E-state index in [9.17, 15) is 14.4 Å². The van der Waals surface area contributed by atoms with Crippen LogP contribution in [0.5, 0.6) is 0 Å². The quantitative estimate of drug-likeness (QED) is 0.289. The van der Waals surface area contributed by atoms with E-state index in [0.717, 1.165) is 37.3 Å². The highest BCUT2D eigenvalue weighted by Gasteiger charge is 2.21. The molecule has 0 saturated carbocycles. The van der Waals surface area contributed by atoms with Crippen LogP contribution >= 0.6 is 0 Å². The van der Waals surface area contributed by atoms with Crippen molar-refractivity contribution in [1.29, 1.82) is 0 Å². The van der Waals surface area contributed by atoms with Gasteiger partial charge < -0.3 is 10.6 Å². The van der Waals surface area contributed by atoms with Crippen LogP contribution in [0.15, 0.2) is 88.8 Å². The monoisotopic (exact) mass is 432 g/mol. The highest BCUT2D eigenvalue weighted by Crippen LogP contribution is 2.15. The first-order chi connectivity index (χ1) is 15.2. The Morgan fingerprint density at radius 1 is 0.812 bits per heavy atom. The van der Waals surface area contributed by atoms with Crippen molar-refractivity contribution in [2.24, 2.45) is 0 Å². The predicted molar refractivity (Wildman–Crippen MR) is 130 cm³/mol. The summed E-state index contributed by atoms with van der Waals surface area (Å²) in [4.78, 5) is 37.0. The molecule has 0 heterocycles. The Labute approximate surface area is 190 Å². The molecule has 0 fully saturated rings. The van der Waals surface area contributed by atoms with Crippen molar-refractivity contribution in [2.75, 3.05) is 5.32 Å². The average Bonchev–Trinajstić information content (AvgIpc) is 2.72. The second-order valence-electron chi connectivity index (χ2n) is 8.22. The van der Waals surface area contributed by atoms with E-state index in [1.54, 1.807) is 12.1 Å². The number of ketones is 2. The number of amides is 1. The molecule has 1 aromatic rings. The summed E-state index contributed by atoms with van der Waals surface area (Å²) < 4.78 is 0. The fourth-order valence-corrected chi connectivity index (χ4v) is 3.13. The maximum Gasteiger partial charge on any atom is 0.248 e. The van der Waals surface area contributed by atoms with Crippen molar-refractivity contribution in [3.05, 3.63) is 88.8 Å². The molecule has 0 bridgehead atoms. The zero-order chi connectivity index (χ0) is 23.5. The smallest absolute Gasteiger partial charge is 0.248 e. The highest BCUT2D eigenvalue weighted by atomic mass is 16.2. The van der Waals surface area contributed by atoms with Crippen molar-refractivity contribution < 1.29 is 14.4 Å². The van der Waals surface area contributed by atoms with Crippen molar-refractivity contribution in [3.8, 4) is 0 Å². The molecule has 0 unspecified atom stereocenters. The van der Waals surface area contributed by atoms with Gasteiger partial charge in [0.2, 0.25) is 17.5 Å². The molecule has 0 saturated heterocycles. The third-order valence-corrected chi connectivity index (χ3v) is 4.89. The number of carbonyl (C=O) groups excluding carboxylic acids is 3. The van der Waals surface area contributed by atoms with E-state index in [2.05, 4.69) is 43.6 Å². The minimum absolute atomic E-state index is 0.0160. The Morgan fingerprint density at radius 2 is 1.41 bits per heavy atom. The molecule has 5 heteroatoms. The Hall–Kier alpha value is -3.47. The van der Waals surface area contributed by atoms with Crippen molar-refractivity contribution in [3.63, 3.8) is 0 Å². The first-order valence-electron chi connectivity index (χ1n) is 10.9. The number of anilines is 1. The van der Waals surface area contributed by atoms with Crippen molar-refractivity contribution >= 4 is 23.2 Å². The van der Waals surface area contributed by atoms with E-state index in [0.29, 0.717) is 5.69 Å². The number of rotatable bonds is 10. The maximum absolute atomic E-state index is 12.4. The molecule has 1 aliphatic rings. The number of hydrogen-bond acceptors (Lipinski definition) is 4. The van der Waals surface area contributed by atoms with E-state index in [1.165, 1.54) is 23.3 Å². The zero-order valence-electron chi connectivity index (χ0n) is 19.3. The minimum atomic E-state index is -0.419. The van der Waals surface area contributed by atoms with Crippen LogP contribution in [0.2, 0.25) is 0 Å². The lowest BCUT2D eigenvalue weighted by Gasteiger charge is -2.14. The molecule has 2 N–H and O–H groups in total. The third-order valence-electron chi connectivity index (χ3n) is 4.89. The van der Waals surface area contributed by atoms with Gasteiger partial charge in [-0.2, -0.15) is 0 Å². The number of para-hydroxylation sites is 1. The number of allylic oxidation sites excluding steroid dienone is 7. The summed E-state index contributed by atoms with van der Waals surface area (Å²) >= 11 is 0. The molecule has 0 aromatic heterocycles. The third kappa shape index (κ3) is 8.72. The largest absolute Gasteiger partial charge is 0.352 e. The first-order valence-corrected chi connectivity index (χ1v) is 10.9. The Morgan fingerprint density at radius 3 is 2.09 bits per heavy atom. The summed E-state index contributed by atoms with van der Waals surface area (Å²) in [5, 5.41) is 5.46. The number of carbonyl (C=O) groups is 3. The Balaban J connectivity index is 1.86. The summed E-state index contributed by atoms with van der Waals surface area (Å²) in [5.74, 6) is -1.19. The van der Waals surface area contributed by atoms with Crippen molar-refractivity contribution in [1.82, 2.24) is 5.32 Å². The lowest BCUT2D eigenvalue weighted by atomic mass is 10.1. The first kappa shape index (κ1) is 24.8. The molecule has 0 atom stereocenters. The van der Waals surface area contributed by atoms with Crippen LogP contribution in [0.4, 0.5) is 5.69 Å². The molecule has 1 amide bonds. The molecular weight excluding hydrogens is 400 g/mol. The molecule has 0 aliphatic heterocycles. The molecule has 5 nitrogen and oxygen atoms in total. The van der Waals surface area contributed by atoms with Crippen molar-refractivity contribution in [2.45, 2.75) is 53.4 Å². The summed E-state index contributed by atoms with van der Waals surface area (Å²) in [6.07, 6.45) is 12.0. The number of hydrogen-bond donors (Lipinski definition) is 2. The van der Waals surface area contributed by atoms with E-state index in [1.807, 2.05) is 25.1 Å². The summed E-state index contributed by atoms with van der Waals surface area (Å²) in [6.45, 7) is 8.21. The topological polar surface area (TPSA) is 75.3 Å². The van der Waals surface area contributed by atoms with Gasteiger partial charge in [0.05, 0.1) is 11.4 Å². The lowest BCUT2D eigenvalue weighted by Crippen LogP contribution is -2.30. The number of benzene rings is 1. The van der Waals surface area contributed by atoms with Crippen LogP contribution in [-0.2, 0) is 14.4 Å². The zero-order valence-corrected chi connectivity index (χ0v) is 19.3. The van der Waals surface area contributed by atoms with Crippen LogP contribution in [0, 0.1) is 0 Å². The minimum Gasteiger partial charge on any atom is -0.352 e. The van der Waals surface area contributed by atoms with Gasteiger partial charge in [-0.25, -0.2) is 0 Å². The average molecular weight is 433 g/mol. The van der Waals surface area contributed by atoms with E-state index < -0.39 is 11.7 Å².